The van der Waals surface area contributed by atoms with Crippen molar-refractivity contribution in [3.8, 4) is 0 Å². The quantitative estimate of drug-likeness (QED) is 0.308. The third-order valence-electron chi connectivity index (χ3n) is 8.35. The normalized spacial score (nSPS) is 26.5. The Morgan fingerprint density at radius 1 is 1.09 bits per heavy atom. The highest BCUT2D eigenvalue weighted by Crippen LogP contribution is 2.67. The van der Waals surface area contributed by atoms with Crippen molar-refractivity contribution in [2.75, 3.05) is 5.75 Å². The molecule has 0 spiro atoms. The van der Waals surface area contributed by atoms with Gasteiger partial charge in [-0.3, -0.25) is 4.79 Å². The van der Waals surface area contributed by atoms with Crippen LogP contribution in [0.15, 0.2) is 30.3 Å². The number of carbonyl (C=O) groups excluding carboxylic acids is 1. The average molecular weight is 478 g/mol. The molecule has 2 aliphatic carbocycles. The number of hydrogen-bond donors (Lipinski definition) is 0. The molecular formula is C27H43NO4S. The number of carbonyl (C=O) groups is 1. The number of hydrogen-bond acceptors (Lipinski definition) is 4. The zero-order valence-electron chi connectivity index (χ0n) is 21.3. The molecule has 5 nitrogen and oxygen atoms in total. The van der Waals surface area contributed by atoms with Gasteiger partial charge in [-0.05, 0) is 83.1 Å². The van der Waals surface area contributed by atoms with E-state index in [0.29, 0.717) is 12.3 Å². The van der Waals surface area contributed by atoms with Crippen molar-refractivity contribution in [2.45, 2.75) is 105 Å². The average Bonchev–Trinajstić information content (AvgIpc) is 3.05. The maximum absolute atomic E-state index is 13.6. The molecule has 2 fully saturated rings. The lowest BCUT2D eigenvalue weighted by atomic mass is 9.69. The standard InChI is InChI=1S/C27H43NO4S/c1-20(2)28(21(3)4)33(30,31)19-27-17-16-23(26(27,5)6)18-24(27)32-25(29)15-11-10-14-22-12-8-7-9-13-22/h7-9,12-13,20-21,23-24H,10-11,14-19H2,1-6H3/t23-,24+,27-/m0/s1. The van der Waals surface area contributed by atoms with Gasteiger partial charge in [0.05, 0.1) is 5.75 Å². The molecule has 1 aromatic carbocycles. The molecule has 0 amide bonds. The number of benzene rings is 1. The fourth-order valence-corrected chi connectivity index (χ4v) is 9.39. The van der Waals surface area contributed by atoms with E-state index in [4.69, 9.17) is 4.74 Å². The number of sulfonamides is 1. The lowest BCUT2D eigenvalue weighted by Crippen LogP contribution is -2.52. The first-order chi connectivity index (χ1) is 15.4. The Morgan fingerprint density at radius 3 is 2.30 bits per heavy atom. The second-order valence-corrected chi connectivity index (χ2v) is 13.2. The molecule has 0 saturated heterocycles. The summed E-state index contributed by atoms with van der Waals surface area (Å²) in [7, 11) is -3.50. The number of fused-ring (bicyclic) bond motifs is 2. The van der Waals surface area contributed by atoms with Crippen LogP contribution >= 0.6 is 0 Å². The van der Waals surface area contributed by atoms with Crippen molar-refractivity contribution in [1.82, 2.24) is 4.31 Å². The molecule has 6 heteroatoms. The Labute approximate surface area is 201 Å². The Hall–Kier alpha value is -1.40. The van der Waals surface area contributed by atoms with Gasteiger partial charge in [0.1, 0.15) is 6.10 Å². The number of esters is 1. The molecule has 0 aromatic heterocycles. The molecule has 0 radical (unpaired) electrons. The van der Waals surface area contributed by atoms with Gasteiger partial charge < -0.3 is 4.74 Å². The molecule has 2 saturated carbocycles. The number of nitrogens with zero attached hydrogens (tertiary/aromatic N) is 1. The van der Waals surface area contributed by atoms with Crippen molar-refractivity contribution < 1.29 is 17.9 Å². The van der Waals surface area contributed by atoms with Gasteiger partial charge in [-0.2, -0.15) is 4.31 Å². The topological polar surface area (TPSA) is 63.7 Å². The molecule has 3 rings (SSSR count). The predicted octanol–water partition coefficient (Wildman–Crippen LogP) is 5.59. The van der Waals surface area contributed by atoms with E-state index in [9.17, 15) is 13.2 Å². The third kappa shape index (κ3) is 5.32. The fraction of sp³-hybridized carbons (Fsp3) is 0.741. The first kappa shape index (κ1) is 26.2. The van der Waals surface area contributed by atoms with Crippen molar-refractivity contribution in [1.29, 1.82) is 0 Å². The van der Waals surface area contributed by atoms with Gasteiger partial charge in [-0.1, -0.05) is 44.2 Å². The minimum atomic E-state index is -3.50. The summed E-state index contributed by atoms with van der Waals surface area (Å²) in [6.07, 6.45) is 5.35. The van der Waals surface area contributed by atoms with Gasteiger partial charge in [-0.15, -0.1) is 0 Å². The van der Waals surface area contributed by atoms with Crippen LogP contribution in [0.2, 0.25) is 0 Å². The molecule has 0 aliphatic heterocycles. The zero-order chi connectivity index (χ0) is 24.4. The van der Waals surface area contributed by atoms with Gasteiger partial charge in [0.2, 0.25) is 10.0 Å². The highest BCUT2D eigenvalue weighted by atomic mass is 32.2. The van der Waals surface area contributed by atoms with Gasteiger partial charge in [0.25, 0.3) is 0 Å². The van der Waals surface area contributed by atoms with E-state index in [2.05, 4.69) is 26.0 Å². The summed E-state index contributed by atoms with van der Waals surface area (Å²) in [5.41, 5.74) is 0.598. The van der Waals surface area contributed by atoms with Crippen molar-refractivity contribution in [2.24, 2.45) is 16.7 Å². The number of aryl methyl sites for hydroxylation is 1. The maximum Gasteiger partial charge on any atom is 0.306 e. The van der Waals surface area contributed by atoms with E-state index < -0.39 is 15.4 Å². The maximum atomic E-state index is 13.6. The molecule has 186 valence electrons. The van der Waals surface area contributed by atoms with Crippen molar-refractivity contribution in [3.63, 3.8) is 0 Å². The Balaban J connectivity index is 1.67. The second-order valence-electron chi connectivity index (χ2n) is 11.3. The molecule has 3 atom stereocenters. The second kappa shape index (κ2) is 10.1. The van der Waals surface area contributed by atoms with Gasteiger partial charge in [0.15, 0.2) is 0 Å². The molecule has 0 unspecified atom stereocenters. The van der Waals surface area contributed by atoms with Crippen LogP contribution in [-0.4, -0.2) is 42.6 Å². The minimum Gasteiger partial charge on any atom is -0.462 e. The molecule has 33 heavy (non-hydrogen) atoms. The summed E-state index contributed by atoms with van der Waals surface area (Å²) in [5, 5.41) is 0. The summed E-state index contributed by atoms with van der Waals surface area (Å²) < 4.78 is 34.9. The summed E-state index contributed by atoms with van der Waals surface area (Å²) in [6, 6.07) is 10.1. The first-order valence-corrected chi connectivity index (χ1v) is 14.3. The van der Waals surface area contributed by atoms with Crippen LogP contribution in [0, 0.1) is 16.7 Å². The Kier molecular flexibility index (Phi) is 8.00. The first-order valence-electron chi connectivity index (χ1n) is 12.7. The van der Waals surface area contributed by atoms with E-state index in [-0.39, 0.29) is 35.3 Å². The summed E-state index contributed by atoms with van der Waals surface area (Å²) in [5.74, 6) is 0.277. The summed E-state index contributed by atoms with van der Waals surface area (Å²) >= 11 is 0. The van der Waals surface area contributed by atoms with Crippen LogP contribution in [0.5, 0.6) is 0 Å². The van der Waals surface area contributed by atoms with Crippen molar-refractivity contribution >= 4 is 16.0 Å². The Morgan fingerprint density at radius 2 is 1.73 bits per heavy atom. The number of ether oxygens (including phenoxy) is 1. The number of rotatable bonds is 11. The SMILES string of the molecule is CC(C)N(C(C)C)S(=O)(=O)C[C@@]12CC[C@@H](C[C@H]1OC(=O)CCCCc1ccccc1)C2(C)C. The van der Waals surface area contributed by atoms with Gasteiger partial charge in [-0.25, -0.2) is 8.42 Å². The number of unbranched alkanes of at least 4 members (excludes halogenated alkanes) is 1. The third-order valence-corrected chi connectivity index (χ3v) is 10.7. The van der Waals surface area contributed by atoms with E-state index in [1.165, 1.54) is 5.56 Å². The molecule has 1 aromatic rings. The van der Waals surface area contributed by atoms with E-state index in [0.717, 1.165) is 38.5 Å². The van der Waals surface area contributed by atoms with Crippen LogP contribution in [-0.2, 0) is 26.0 Å². The highest BCUT2D eigenvalue weighted by molar-refractivity contribution is 7.89. The lowest BCUT2D eigenvalue weighted by molar-refractivity contribution is -0.156. The van der Waals surface area contributed by atoms with Crippen LogP contribution in [0.1, 0.15) is 85.6 Å². The largest absolute Gasteiger partial charge is 0.462 e. The van der Waals surface area contributed by atoms with Crippen LogP contribution in [0.4, 0.5) is 0 Å². The fourth-order valence-electron chi connectivity index (χ4n) is 6.61. The van der Waals surface area contributed by atoms with Crippen LogP contribution < -0.4 is 0 Å². The minimum absolute atomic E-state index is 0.0613. The predicted molar refractivity (Wildman–Crippen MR) is 133 cm³/mol. The molecular weight excluding hydrogens is 434 g/mol. The van der Waals surface area contributed by atoms with Gasteiger partial charge in [0, 0.05) is 23.9 Å². The zero-order valence-corrected chi connectivity index (χ0v) is 22.2. The molecule has 0 heterocycles. The van der Waals surface area contributed by atoms with E-state index >= 15 is 0 Å². The smallest absolute Gasteiger partial charge is 0.306 e. The van der Waals surface area contributed by atoms with Crippen molar-refractivity contribution in [3.05, 3.63) is 35.9 Å². The summed E-state index contributed by atoms with van der Waals surface area (Å²) in [4.78, 5) is 12.8. The summed E-state index contributed by atoms with van der Waals surface area (Å²) in [6.45, 7) is 12.1. The highest BCUT2D eigenvalue weighted by Gasteiger charge is 2.67. The van der Waals surface area contributed by atoms with Crippen LogP contribution in [0.25, 0.3) is 0 Å². The molecule has 2 bridgehead atoms. The van der Waals surface area contributed by atoms with Gasteiger partial charge >= 0.3 is 5.97 Å². The molecule has 2 aliphatic rings. The van der Waals surface area contributed by atoms with E-state index in [1.807, 2.05) is 45.9 Å². The lowest BCUT2D eigenvalue weighted by Gasteiger charge is -2.43. The molecule has 0 N–H and O–H groups in total. The Bertz CT molecular complexity index is 901. The van der Waals surface area contributed by atoms with Crippen LogP contribution in [0.3, 0.4) is 0 Å². The monoisotopic (exact) mass is 477 g/mol. The van der Waals surface area contributed by atoms with E-state index in [1.54, 1.807) is 4.31 Å².